The highest BCUT2D eigenvalue weighted by Crippen LogP contribution is 2.30. The molecule has 48 heavy (non-hydrogen) atoms. The standard InChI is InChI=1S/C42H78O6/c1-4-5-6-7-21-26-31-39-40(48-39)32-27-22-19-24-29-34-42(45)47-38(35-43)36-46-41(44)33-28-23-18-16-14-12-10-8-9-11-13-15-17-20-25-30-37(2)3/h21,26,37-40,43H,4-20,22-25,27-36H2,1-3H3/b26-21-/t38-,39?,40?/m0/s1. The van der Waals surface area contributed by atoms with Crippen molar-refractivity contribution < 1.29 is 28.9 Å². The Morgan fingerprint density at radius 3 is 1.71 bits per heavy atom. The van der Waals surface area contributed by atoms with Crippen molar-refractivity contribution in [2.75, 3.05) is 13.2 Å². The van der Waals surface area contributed by atoms with E-state index in [2.05, 4.69) is 32.9 Å². The number of unbranched alkanes of at least 4 members (excludes halogenated alkanes) is 21. The fourth-order valence-corrected chi connectivity index (χ4v) is 6.39. The van der Waals surface area contributed by atoms with Crippen molar-refractivity contribution in [3.05, 3.63) is 12.2 Å². The highest BCUT2D eigenvalue weighted by molar-refractivity contribution is 5.70. The average Bonchev–Trinajstić information content (AvgIpc) is 3.83. The molecule has 3 atom stereocenters. The van der Waals surface area contributed by atoms with Gasteiger partial charge >= 0.3 is 11.9 Å². The molecule has 6 heteroatoms. The summed E-state index contributed by atoms with van der Waals surface area (Å²) in [5, 5.41) is 9.57. The second-order valence-corrected chi connectivity index (χ2v) is 14.9. The molecule has 2 unspecified atom stereocenters. The van der Waals surface area contributed by atoms with Crippen LogP contribution >= 0.6 is 0 Å². The Kier molecular flexibility index (Phi) is 30.5. The molecule has 0 spiro atoms. The number of aliphatic hydroxyl groups excluding tert-OH is 1. The van der Waals surface area contributed by atoms with Crippen LogP contribution in [0.4, 0.5) is 0 Å². The van der Waals surface area contributed by atoms with E-state index in [1.807, 2.05) is 0 Å². The Morgan fingerprint density at radius 1 is 0.646 bits per heavy atom. The summed E-state index contributed by atoms with van der Waals surface area (Å²) in [7, 11) is 0. The molecule has 0 saturated carbocycles. The number of carbonyl (C=O) groups is 2. The van der Waals surface area contributed by atoms with E-state index in [-0.39, 0.29) is 25.2 Å². The summed E-state index contributed by atoms with van der Waals surface area (Å²) >= 11 is 0. The smallest absolute Gasteiger partial charge is 0.306 e. The zero-order chi connectivity index (χ0) is 34.9. The molecular weight excluding hydrogens is 600 g/mol. The van der Waals surface area contributed by atoms with Gasteiger partial charge in [0.15, 0.2) is 6.10 Å². The molecule has 0 aromatic heterocycles. The van der Waals surface area contributed by atoms with E-state index in [9.17, 15) is 14.7 Å². The minimum absolute atomic E-state index is 0.0712. The fourth-order valence-electron chi connectivity index (χ4n) is 6.39. The van der Waals surface area contributed by atoms with E-state index in [0.29, 0.717) is 25.0 Å². The molecule has 6 nitrogen and oxygen atoms in total. The summed E-state index contributed by atoms with van der Waals surface area (Å²) in [6.07, 6.45) is 38.7. The van der Waals surface area contributed by atoms with Gasteiger partial charge < -0.3 is 19.3 Å². The number of esters is 2. The van der Waals surface area contributed by atoms with E-state index < -0.39 is 6.10 Å². The van der Waals surface area contributed by atoms with E-state index in [1.165, 1.54) is 116 Å². The summed E-state index contributed by atoms with van der Waals surface area (Å²) in [5.74, 6) is 0.248. The average molecular weight is 679 g/mol. The molecule has 1 saturated heterocycles. The van der Waals surface area contributed by atoms with E-state index >= 15 is 0 Å². The molecular formula is C42H78O6. The van der Waals surface area contributed by atoms with Gasteiger partial charge in [-0.05, 0) is 44.4 Å². The molecule has 0 aliphatic carbocycles. The largest absolute Gasteiger partial charge is 0.462 e. The maximum absolute atomic E-state index is 12.2. The molecule has 0 aromatic rings. The van der Waals surface area contributed by atoms with Crippen molar-refractivity contribution in [3.63, 3.8) is 0 Å². The summed E-state index contributed by atoms with van der Waals surface area (Å²) in [4.78, 5) is 24.3. The van der Waals surface area contributed by atoms with Crippen LogP contribution in [0.3, 0.4) is 0 Å². The normalized spacial score (nSPS) is 16.5. The van der Waals surface area contributed by atoms with Gasteiger partial charge in [-0.25, -0.2) is 0 Å². The van der Waals surface area contributed by atoms with Crippen molar-refractivity contribution >= 4 is 11.9 Å². The minimum Gasteiger partial charge on any atom is -0.462 e. The van der Waals surface area contributed by atoms with Crippen LogP contribution in [0.2, 0.25) is 0 Å². The third-order valence-corrected chi connectivity index (χ3v) is 9.66. The van der Waals surface area contributed by atoms with Crippen LogP contribution < -0.4 is 0 Å². The van der Waals surface area contributed by atoms with Gasteiger partial charge in [-0.1, -0.05) is 168 Å². The number of epoxide rings is 1. The van der Waals surface area contributed by atoms with Crippen molar-refractivity contribution in [1.82, 2.24) is 0 Å². The van der Waals surface area contributed by atoms with E-state index in [4.69, 9.17) is 14.2 Å². The SMILES string of the molecule is CCCCC/C=C\CC1OC1CCCCCCCC(=O)O[C@@H](CO)COC(=O)CCCCCCCCCCCCCCCCCC(C)C. The molecule has 0 bridgehead atoms. The van der Waals surface area contributed by atoms with Crippen LogP contribution in [0.5, 0.6) is 0 Å². The first-order valence-electron chi connectivity index (χ1n) is 20.7. The van der Waals surface area contributed by atoms with Gasteiger partial charge in [-0.3, -0.25) is 9.59 Å². The Labute approximate surface area is 296 Å². The molecule has 1 N–H and O–H groups in total. The number of allylic oxidation sites excluding steroid dienone is 1. The first-order valence-corrected chi connectivity index (χ1v) is 20.7. The quantitative estimate of drug-likeness (QED) is 0.0307. The molecule has 1 rings (SSSR count). The monoisotopic (exact) mass is 679 g/mol. The molecule has 0 aromatic carbocycles. The van der Waals surface area contributed by atoms with Gasteiger partial charge in [0, 0.05) is 12.8 Å². The molecule has 282 valence electrons. The highest BCUT2D eigenvalue weighted by atomic mass is 16.6. The highest BCUT2D eigenvalue weighted by Gasteiger charge is 2.36. The fraction of sp³-hybridized carbons (Fsp3) is 0.905. The van der Waals surface area contributed by atoms with E-state index in [0.717, 1.165) is 63.7 Å². The lowest BCUT2D eigenvalue weighted by Crippen LogP contribution is -2.28. The zero-order valence-electron chi connectivity index (χ0n) is 31.9. The summed E-state index contributed by atoms with van der Waals surface area (Å²) in [6.45, 7) is 6.46. The number of rotatable bonds is 36. The topological polar surface area (TPSA) is 85.4 Å². The zero-order valence-corrected chi connectivity index (χ0v) is 31.9. The molecule has 0 radical (unpaired) electrons. The first-order chi connectivity index (χ1) is 23.5. The maximum atomic E-state index is 12.2. The number of hydrogen-bond acceptors (Lipinski definition) is 6. The van der Waals surface area contributed by atoms with Gasteiger partial charge in [0.05, 0.1) is 18.8 Å². The van der Waals surface area contributed by atoms with Crippen LogP contribution in [-0.4, -0.2) is 48.6 Å². The van der Waals surface area contributed by atoms with Crippen molar-refractivity contribution in [2.24, 2.45) is 5.92 Å². The van der Waals surface area contributed by atoms with Crippen LogP contribution in [-0.2, 0) is 23.8 Å². The summed E-state index contributed by atoms with van der Waals surface area (Å²) < 4.78 is 16.4. The molecule has 1 fully saturated rings. The van der Waals surface area contributed by atoms with Crippen LogP contribution in [0, 0.1) is 5.92 Å². The Hall–Kier alpha value is -1.40. The lowest BCUT2D eigenvalue weighted by atomic mass is 10.0. The Balaban J connectivity index is 1.86. The molecule has 1 heterocycles. The molecule has 0 amide bonds. The summed E-state index contributed by atoms with van der Waals surface area (Å²) in [5.41, 5.74) is 0. The van der Waals surface area contributed by atoms with Gasteiger partial charge in [0.25, 0.3) is 0 Å². The molecule has 1 aliphatic rings. The predicted octanol–water partition coefficient (Wildman–Crippen LogP) is 11.7. The number of hydrogen-bond donors (Lipinski definition) is 1. The third-order valence-electron chi connectivity index (χ3n) is 9.66. The lowest BCUT2D eigenvalue weighted by Gasteiger charge is -2.15. The van der Waals surface area contributed by atoms with E-state index in [1.54, 1.807) is 0 Å². The van der Waals surface area contributed by atoms with Crippen LogP contribution in [0.25, 0.3) is 0 Å². The maximum Gasteiger partial charge on any atom is 0.306 e. The van der Waals surface area contributed by atoms with Crippen LogP contribution in [0.15, 0.2) is 12.2 Å². The Morgan fingerprint density at radius 2 is 1.17 bits per heavy atom. The first kappa shape index (κ1) is 44.6. The van der Waals surface area contributed by atoms with Crippen molar-refractivity contribution in [3.8, 4) is 0 Å². The number of ether oxygens (including phenoxy) is 3. The predicted molar refractivity (Wildman–Crippen MR) is 200 cm³/mol. The second kappa shape index (κ2) is 32.8. The number of carbonyl (C=O) groups excluding carboxylic acids is 2. The van der Waals surface area contributed by atoms with Gasteiger partial charge in [-0.15, -0.1) is 0 Å². The minimum atomic E-state index is -0.779. The van der Waals surface area contributed by atoms with Crippen molar-refractivity contribution in [1.29, 1.82) is 0 Å². The van der Waals surface area contributed by atoms with Gasteiger partial charge in [0.1, 0.15) is 6.61 Å². The summed E-state index contributed by atoms with van der Waals surface area (Å²) in [6, 6.07) is 0. The van der Waals surface area contributed by atoms with Gasteiger partial charge in [-0.2, -0.15) is 0 Å². The third kappa shape index (κ3) is 29.5. The second-order valence-electron chi connectivity index (χ2n) is 14.9. The van der Waals surface area contributed by atoms with Crippen molar-refractivity contribution in [2.45, 2.75) is 225 Å². The van der Waals surface area contributed by atoms with Crippen LogP contribution in [0.1, 0.15) is 207 Å². The number of aliphatic hydroxyl groups is 1. The Bertz CT molecular complexity index is 765. The molecule has 1 aliphatic heterocycles. The van der Waals surface area contributed by atoms with Gasteiger partial charge in [0.2, 0.25) is 0 Å². The lowest BCUT2D eigenvalue weighted by molar-refractivity contribution is -0.161.